The van der Waals surface area contributed by atoms with Crippen LogP contribution < -0.4 is 10.5 Å². The molecule has 4 aromatic rings. The molecule has 2 amide bonds. The summed E-state index contributed by atoms with van der Waals surface area (Å²) in [6.45, 7) is 3.21. The van der Waals surface area contributed by atoms with Crippen LogP contribution in [0.2, 0.25) is 10.0 Å². The zero-order chi connectivity index (χ0) is 24.5. The van der Waals surface area contributed by atoms with Gasteiger partial charge in [-0.2, -0.15) is 5.10 Å². The molecule has 0 spiro atoms. The van der Waals surface area contributed by atoms with Gasteiger partial charge in [0.05, 0.1) is 15.6 Å². The molecule has 3 aromatic heterocycles. The number of piperidine rings is 1. The largest absolute Gasteiger partial charge is 0.486 e. The number of rotatable bonds is 5. The van der Waals surface area contributed by atoms with Gasteiger partial charge in [0.15, 0.2) is 0 Å². The number of aromatic nitrogens is 4. The molecule has 1 aliphatic rings. The summed E-state index contributed by atoms with van der Waals surface area (Å²) < 4.78 is 6.16. The standard InChI is InChI=1S/C25H24Cl2N6O2/c1-14(23-19(26)12-29-13-20(23)27)35-17-3-5-22-18(10-17)24(32-31-22)16-2-4-21(30-11-16)15-6-8-33(9-7-15)25(28)34/h2-5,10-15H,6-9H2,1H3,(H2,28,34)(H,31,32). The molecule has 1 atom stereocenters. The zero-order valence-electron chi connectivity index (χ0n) is 19.0. The molecule has 1 saturated heterocycles. The minimum Gasteiger partial charge on any atom is -0.486 e. The number of pyridine rings is 2. The van der Waals surface area contributed by atoms with E-state index in [1.807, 2.05) is 43.5 Å². The van der Waals surface area contributed by atoms with Crippen LogP contribution in [0.25, 0.3) is 22.2 Å². The van der Waals surface area contributed by atoms with Gasteiger partial charge in [0, 0.05) is 59.8 Å². The van der Waals surface area contributed by atoms with Crippen molar-refractivity contribution in [3.8, 4) is 17.0 Å². The predicted molar refractivity (Wildman–Crippen MR) is 136 cm³/mol. The van der Waals surface area contributed by atoms with Crippen LogP contribution in [0.4, 0.5) is 4.79 Å². The molecule has 1 unspecified atom stereocenters. The Bertz CT molecular complexity index is 1350. The summed E-state index contributed by atoms with van der Waals surface area (Å²) in [5.41, 5.74) is 9.68. The van der Waals surface area contributed by atoms with Crippen LogP contribution in [0.15, 0.2) is 48.9 Å². The molecule has 1 aromatic carbocycles. The van der Waals surface area contributed by atoms with Crippen LogP contribution in [-0.4, -0.2) is 44.2 Å². The minimum atomic E-state index is -0.368. The Hall–Kier alpha value is -3.36. The number of benzene rings is 1. The van der Waals surface area contributed by atoms with E-state index in [0.29, 0.717) is 40.4 Å². The molecule has 0 bridgehead atoms. The number of aromatic amines is 1. The number of H-pyrrole nitrogens is 1. The lowest BCUT2D eigenvalue weighted by atomic mass is 9.93. The number of nitrogens with zero attached hydrogens (tertiary/aromatic N) is 4. The molecule has 35 heavy (non-hydrogen) atoms. The summed E-state index contributed by atoms with van der Waals surface area (Å²) in [5, 5.41) is 9.43. The van der Waals surface area contributed by atoms with Gasteiger partial charge in [0.25, 0.3) is 0 Å². The third-order valence-electron chi connectivity index (χ3n) is 6.43. The molecule has 0 aliphatic carbocycles. The second-order valence-electron chi connectivity index (χ2n) is 8.63. The van der Waals surface area contributed by atoms with Gasteiger partial charge >= 0.3 is 6.03 Å². The first-order valence-electron chi connectivity index (χ1n) is 11.3. The van der Waals surface area contributed by atoms with Crippen LogP contribution in [0.5, 0.6) is 5.75 Å². The van der Waals surface area contributed by atoms with Gasteiger partial charge in [-0.1, -0.05) is 23.2 Å². The lowest BCUT2D eigenvalue weighted by Crippen LogP contribution is -2.41. The highest BCUT2D eigenvalue weighted by molar-refractivity contribution is 6.35. The van der Waals surface area contributed by atoms with Gasteiger partial charge in [0.2, 0.25) is 0 Å². The van der Waals surface area contributed by atoms with Crippen molar-refractivity contribution in [3.05, 3.63) is 70.2 Å². The number of amides is 2. The SMILES string of the molecule is CC(Oc1ccc2[nH]nc(-c3ccc(C4CCN(C(N)=O)CC4)nc3)c2c1)c1c(Cl)cncc1Cl. The monoisotopic (exact) mass is 510 g/mol. The number of hydrogen-bond donors (Lipinski definition) is 2. The lowest BCUT2D eigenvalue weighted by molar-refractivity contribution is 0.190. The number of hydrogen-bond acceptors (Lipinski definition) is 5. The van der Waals surface area contributed by atoms with Crippen molar-refractivity contribution in [3.63, 3.8) is 0 Å². The van der Waals surface area contributed by atoms with Gasteiger partial charge in [-0.3, -0.25) is 15.1 Å². The summed E-state index contributed by atoms with van der Waals surface area (Å²) in [7, 11) is 0. The van der Waals surface area contributed by atoms with E-state index in [9.17, 15) is 4.79 Å². The van der Waals surface area contributed by atoms with E-state index in [4.69, 9.17) is 38.7 Å². The summed E-state index contributed by atoms with van der Waals surface area (Å²) in [6.07, 6.45) is 6.29. The number of carbonyl (C=O) groups is 1. The smallest absolute Gasteiger partial charge is 0.314 e. The van der Waals surface area contributed by atoms with E-state index >= 15 is 0 Å². The quantitative estimate of drug-likeness (QED) is 0.356. The predicted octanol–water partition coefficient (Wildman–Crippen LogP) is 5.72. The number of ether oxygens (including phenoxy) is 1. The van der Waals surface area contributed by atoms with Crippen molar-refractivity contribution < 1.29 is 9.53 Å². The highest BCUT2D eigenvalue weighted by atomic mass is 35.5. The second-order valence-corrected chi connectivity index (χ2v) is 9.44. The number of primary amides is 1. The van der Waals surface area contributed by atoms with Gasteiger partial charge in [-0.25, -0.2) is 4.79 Å². The molecule has 180 valence electrons. The van der Waals surface area contributed by atoms with Crippen molar-refractivity contribution >= 4 is 40.1 Å². The number of urea groups is 1. The highest BCUT2D eigenvalue weighted by Crippen LogP contribution is 2.35. The molecule has 0 saturated carbocycles. The summed E-state index contributed by atoms with van der Waals surface area (Å²) in [4.78, 5) is 21.8. The van der Waals surface area contributed by atoms with Gasteiger partial charge < -0.3 is 15.4 Å². The Morgan fingerprint density at radius 2 is 1.89 bits per heavy atom. The molecular weight excluding hydrogens is 487 g/mol. The maximum Gasteiger partial charge on any atom is 0.314 e. The van der Waals surface area contributed by atoms with E-state index in [2.05, 4.69) is 15.2 Å². The number of halogens is 2. The lowest BCUT2D eigenvalue weighted by Gasteiger charge is -2.30. The fourth-order valence-electron chi connectivity index (χ4n) is 4.54. The minimum absolute atomic E-state index is 0.309. The Kier molecular flexibility index (Phi) is 6.49. The maximum absolute atomic E-state index is 11.4. The Labute approximate surface area is 212 Å². The van der Waals surface area contributed by atoms with Gasteiger partial charge in [-0.15, -0.1) is 0 Å². The van der Waals surface area contributed by atoms with Crippen LogP contribution in [-0.2, 0) is 0 Å². The van der Waals surface area contributed by atoms with E-state index in [-0.39, 0.29) is 12.1 Å². The van der Waals surface area contributed by atoms with Crippen molar-refractivity contribution in [2.75, 3.05) is 13.1 Å². The summed E-state index contributed by atoms with van der Waals surface area (Å²) in [6, 6.07) is 9.46. The average molecular weight is 511 g/mol. The normalized spacial score (nSPS) is 15.3. The van der Waals surface area contributed by atoms with Gasteiger partial charge in [0.1, 0.15) is 17.5 Å². The fourth-order valence-corrected chi connectivity index (χ4v) is 5.21. The topological polar surface area (TPSA) is 110 Å². The number of likely N-dealkylation sites (tertiary alicyclic amines) is 1. The molecular formula is C25H24Cl2N6O2. The van der Waals surface area contributed by atoms with E-state index in [0.717, 1.165) is 40.7 Å². The number of fused-ring (bicyclic) bond motifs is 1. The number of nitrogens with two attached hydrogens (primary N) is 1. The maximum atomic E-state index is 11.4. The average Bonchev–Trinajstić information content (AvgIpc) is 3.27. The molecule has 10 heteroatoms. The number of nitrogens with one attached hydrogen (secondary N) is 1. The fraction of sp³-hybridized carbons (Fsp3) is 0.280. The Morgan fingerprint density at radius 3 is 2.54 bits per heavy atom. The molecule has 5 rings (SSSR count). The van der Waals surface area contributed by atoms with Gasteiger partial charge in [-0.05, 0) is 50.1 Å². The van der Waals surface area contributed by atoms with Crippen molar-refractivity contribution in [1.29, 1.82) is 0 Å². The zero-order valence-corrected chi connectivity index (χ0v) is 20.6. The Morgan fingerprint density at radius 1 is 1.14 bits per heavy atom. The van der Waals surface area contributed by atoms with Crippen LogP contribution in [0.1, 0.15) is 43.0 Å². The molecule has 0 radical (unpaired) electrons. The first kappa shape index (κ1) is 23.4. The van der Waals surface area contributed by atoms with Crippen molar-refractivity contribution in [2.24, 2.45) is 5.73 Å². The molecule has 1 fully saturated rings. The Balaban J connectivity index is 1.36. The summed E-state index contributed by atoms with van der Waals surface area (Å²) >= 11 is 12.6. The van der Waals surface area contributed by atoms with Crippen molar-refractivity contribution in [2.45, 2.75) is 31.8 Å². The number of carbonyl (C=O) groups excluding carboxylic acids is 1. The van der Waals surface area contributed by atoms with E-state index in [1.165, 1.54) is 0 Å². The van der Waals surface area contributed by atoms with E-state index in [1.54, 1.807) is 17.3 Å². The van der Waals surface area contributed by atoms with Crippen LogP contribution in [0.3, 0.4) is 0 Å². The molecule has 4 heterocycles. The first-order valence-corrected chi connectivity index (χ1v) is 12.1. The highest BCUT2D eigenvalue weighted by Gasteiger charge is 2.23. The molecule has 8 nitrogen and oxygen atoms in total. The molecule has 3 N–H and O–H groups in total. The second kappa shape index (κ2) is 9.71. The van der Waals surface area contributed by atoms with Crippen molar-refractivity contribution in [1.82, 2.24) is 25.1 Å². The molecule has 1 aliphatic heterocycles. The van der Waals surface area contributed by atoms with Crippen LogP contribution in [0, 0.1) is 0 Å². The third-order valence-corrected chi connectivity index (χ3v) is 7.03. The van der Waals surface area contributed by atoms with Crippen LogP contribution >= 0.6 is 23.2 Å². The first-order chi connectivity index (χ1) is 16.9. The summed E-state index contributed by atoms with van der Waals surface area (Å²) in [5.74, 6) is 0.978. The third kappa shape index (κ3) is 4.76. The van der Waals surface area contributed by atoms with E-state index < -0.39 is 0 Å².